The first-order valence-corrected chi connectivity index (χ1v) is 8.39. The summed E-state index contributed by atoms with van der Waals surface area (Å²) in [5.41, 5.74) is 1.05. The van der Waals surface area contributed by atoms with Crippen molar-refractivity contribution in [2.45, 2.75) is 52.0 Å². The second-order valence-corrected chi connectivity index (χ2v) is 5.77. The third-order valence-corrected chi connectivity index (χ3v) is 3.80. The van der Waals surface area contributed by atoms with Crippen LogP contribution in [0.25, 0.3) is 0 Å². The van der Waals surface area contributed by atoms with Crippen molar-refractivity contribution in [1.82, 2.24) is 10.2 Å². The lowest BCUT2D eigenvalue weighted by atomic mass is 10.1. The molecule has 0 aliphatic rings. The SMILES string of the molecule is CCCCN(CCCC)CNC(Cc1ccccc1)C(=O)O. The number of hydrogen-bond acceptors (Lipinski definition) is 3. The first-order chi connectivity index (χ1) is 10.7. The Morgan fingerprint density at radius 2 is 1.73 bits per heavy atom. The zero-order valence-corrected chi connectivity index (χ0v) is 13.9. The van der Waals surface area contributed by atoms with Crippen LogP contribution in [0, 0.1) is 0 Å². The summed E-state index contributed by atoms with van der Waals surface area (Å²) in [6.45, 7) is 7.06. The lowest BCUT2D eigenvalue weighted by molar-refractivity contribution is -0.139. The molecular formula is C18H30N2O2. The van der Waals surface area contributed by atoms with Crippen LogP contribution in [0.4, 0.5) is 0 Å². The molecule has 1 atom stereocenters. The highest BCUT2D eigenvalue weighted by Gasteiger charge is 2.18. The van der Waals surface area contributed by atoms with E-state index in [2.05, 4.69) is 24.1 Å². The topological polar surface area (TPSA) is 52.6 Å². The Bertz CT molecular complexity index is 401. The molecule has 4 nitrogen and oxygen atoms in total. The van der Waals surface area contributed by atoms with Crippen LogP contribution in [0.1, 0.15) is 45.1 Å². The number of unbranched alkanes of at least 4 members (excludes halogenated alkanes) is 2. The normalized spacial score (nSPS) is 12.5. The minimum absolute atomic E-state index is 0.519. The minimum Gasteiger partial charge on any atom is -0.480 e. The van der Waals surface area contributed by atoms with Crippen LogP contribution in [-0.2, 0) is 11.2 Å². The average molecular weight is 306 g/mol. The van der Waals surface area contributed by atoms with Gasteiger partial charge in [0.05, 0.1) is 0 Å². The fraction of sp³-hybridized carbons (Fsp3) is 0.611. The molecule has 124 valence electrons. The minimum atomic E-state index is -0.783. The molecular weight excluding hydrogens is 276 g/mol. The van der Waals surface area contributed by atoms with Crippen LogP contribution >= 0.6 is 0 Å². The molecule has 0 saturated heterocycles. The Morgan fingerprint density at radius 1 is 1.14 bits per heavy atom. The number of carboxylic acids is 1. The van der Waals surface area contributed by atoms with Crippen LogP contribution in [0.3, 0.4) is 0 Å². The largest absolute Gasteiger partial charge is 0.480 e. The quantitative estimate of drug-likeness (QED) is 0.583. The van der Waals surface area contributed by atoms with Gasteiger partial charge in [0.25, 0.3) is 0 Å². The fourth-order valence-corrected chi connectivity index (χ4v) is 2.37. The van der Waals surface area contributed by atoms with E-state index in [1.807, 2.05) is 30.3 Å². The highest BCUT2D eigenvalue weighted by molar-refractivity contribution is 5.73. The summed E-state index contributed by atoms with van der Waals surface area (Å²) in [5, 5.41) is 12.6. The van der Waals surface area contributed by atoms with Crippen molar-refractivity contribution in [1.29, 1.82) is 0 Å². The molecule has 0 radical (unpaired) electrons. The van der Waals surface area contributed by atoms with Gasteiger partial charge in [0.2, 0.25) is 0 Å². The van der Waals surface area contributed by atoms with Crippen LogP contribution in [0.15, 0.2) is 30.3 Å². The summed E-state index contributed by atoms with van der Waals surface area (Å²) < 4.78 is 0. The van der Waals surface area contributed by atoms with Gasteiger partial charge in [0, 0.05) is 6.67 Å². The van der Waals surface area contributed by atoms with Gasteiger partial charge in [-0.3, -0.25) is 15.0 Å². The van der Waals surface area contributed by atoms with Gasteiger partial charge in [-0.25, -0.2) is 0 Å². The Labute approximate surface area is 134 Å². The Kier molecular flexibility index (Phi) is 9.51. The molecule has 0 aromatic heterocycles. The van der Waals surface area contributed by atoms with Crippen molar-refractivity contribution in [3.8, 4) is 0 Å². The fourth-order valence-electron chi connectivity index (χ4n) is 2.37. The van der Waals surface area contributed by atoms with Crippen LogP contribution in [0.5, 0.6) is 0 Å². The van der Waals surface area contributed by atoms with E-state index in [-0.39, 0.29) is 0 Å². The third-order valence-electron chi connectivity index (χ3n) is 3.80. The second-order valence-electron chi connectivity index (χ2n) is 5.77. The highest BCUT2D eigenvalue weighted by atomic mass is 16.4. The number of nitrogens with zero attached hydrogens (tertiary/aromatic N) is 1. The number of aliphatic carboxylic acids is 1. The van der Waals surface area contributed by atoms with Gasteiger partial charge in [-0.1, -0.05) is 57.0 Å². The summed E-state index contributed by atoms with van der Waals surface area (Å²) in [4.78, 5) is 13.8. The predicted molar refractivity (Wildman–Crippen MR) is 91.0 cm³/mol. The Hall–Kier alpha value is -1.39. The lowest BCUT2D eigenvalue weighted by Gasteiger charge is -2.25. The molecule has 0 fully saturated rings. The maximum atomic E-state index is 11.5. The molecule has 1 unspecified atom stereocenters. The molecule has 0 amide bonds. The van der Waals surface area contributed by atoms with Crippen molar-refractivity contribution >= 4 is 5.97 Å². The van der Waals surface area contributed by atoms with Crippen LogP contribution < -0.4 is 5.32 Å². The van der Waals surface area contributed by atoms with E-state index in [4.69, 9.17) is 0 Å². The Morgan fingerprint density at radius 3 is 2.23 bits per heavy atom. The van der Waals surface area contributed by atoms with Gasteiger partial charge >= 0.3 is 5.97 Å². The smallest absolute Gasteiger partial charge is 0.321 e. The lowest BCUT2D eigenvalue weighted by Crippen LogP contribution is -2.45. The van der Waals surface area contributed by atoms with E-state index >= 15 is 0 Å². The third kappa shape index (κ3) is 7.57. The molecule has 22 heavy (non-hydrogen) atoms. The van der Waals surface area contributed by atoms with Gasteiger partial charge in [-0.2, -0.15) is 0 Å². The van der Waals surface area contributed by atoms with Gasteiger partial charge in [-0.05, 0) is 37.9 Å². The molecule has 2 N–H and O–H groups in total. The monoisotopic (exact) mass is 306 g/mol. The van der Waals surface area contributed by atoms with Crippen molar-refractivity contribution < 1.29 is 9.90 Å². The zero-order valence-electron chi connectivity index (χ0n) is 13.9. The first kappa shape index (κ1) is 18.7. The maximum Gasteiger partial charge on any atom is 0.321 e. The summed E-state index contributed by atoms with van der Waals surface area (Å²) >= 11 is 0. The van der Waals surface area contributed by atoms with E-state index < -0.39 is 12.0 Å². The highest BCUT2D eigenvalue weighted by Crippen LogP contribution is 2.04. The molecule has 1 aromatic carbocycles. The summed E-state index contributed by atoms with van der Waals surface area (Å²) in [7, 11) is 0. The number of hydrogen-bond donors (Lipinski definition) is 2. The molecule has 0 bridgehead atoms. The zero-order chi connectivity index (χ0) is 16.2. The van der Waals surface area contributed by atoms with E-state index in [0.717, 1.165) is 44.3 Å². The van der Waals surface area contributed by atoms with Crippen molar-refractivity contribution in [2.75, 3.05) is 19.8 Å². The summed E-state index contributed by atoms with van der Waals surface area (Å²) in [6, 6.07) is 9.26. The van der Waals surface area contributed by atoms with Crippen molar-refractivity contribution in [3.63, 3.8) is 0 Å². The molecule has 0 saturated carbocycles. The van der Waals surface area contributed by atoms with E-state index in [0.29, 0.717) is 13.1 Å². The van der Waals surface area contributed by atoms with Crippen LogP contribution in [0.2, 0.25) is 0 Å². The number of carboxylic acid groups (broad SMARTS) is 1. The molecule has 0 aliphatic heterocycles. The molecule has 1 rings (SSSR count). The standard InChI is InChI=1S/C18H30N2O2/c1-3-5-12-20(13-6-4-2)15-19-17(18(21)22)14-16-10-8-7-9-11-16/h7-11,17,19H,3-6,12-15H2,1-2H3,(H,21,22). The molecule has 0 aliphatic carbocycles. The molecule has 0 heterocycles. The van der Waals surface area contributed by atoms with Gasteiger partial charge in [0.15, 0.2) is 0 Å². The van der Waals surface area contributed by atoms with Crippen LogP contribution in [-0.4, -0.2) is 41.8 Å². The van der Waals surface area contributed by atoms with Gasteiger partial charge in [0.1, 0.15) is 6.04 Å². The summed E-state index contributed by atoms with van der Waals surface area (Å²) in [5.74, 6) is -0.783. The predicted octanol–water partition coefficient (Wildman–Crippen LogP) is 3.13. The molecule has 1 aromatic rings. The van der Waals surface area contributed by atoms with Gasteiger partial charge in [-0.15, -0.1) is 0 Å². The summed E-state index contributed by atoms with van der Waals surface area (Å²) in [6.07, 6.45) is 5.15. The first-order valence-electron chi connectivity index (χ1n) is 8.39. The number of carbonyl (C=O) groups is 1. The van der Waals surface area contributed by atoms with E-state index in [9.17, 15) is 9.90 Å². The van der Waals surface area contributed by atoms with Crippen molar-refractivity contribution in [3.05, 3.63) is 35.9 Å². The molecule has 0 spiro atoms. The molecule has 4 heteroatoms. The number of benzene rings is 1. The van der Waals surface area contributed by atoms with Crippen molar-refractivity contribution in [2.24, 2.45) is 0 Å². The number of rotatable bonds is 12. The maximum absolute atomic E-state index is 11.5. The average Bonchev–Trinajstić information content (AvgIpc) is 2.53. The van der Waals surface area contributed by atoms with E-state index in [1.165, 1.54) is 0 Å². The Balaban J connectivity index is 2.51. The number of nitrogens with one attached hydrogen (secondary N) is 1. The second kappa shape index (κ2) is 11.2. The van der Waals surface area contributed by atoms with Gasteiger partial charge < -0.3 is 5.11 Å². The van der Waals surface area contributed by atoms with E-state index in [1.54, 1.807) is 0 Å².